The number of aliphatic imine (C=N–C) groups is 1. The van der Waals surface area contributed by atoms with E-state index in [0.717, 1.165) is 43.4 Å². The molecule has 1 heterocycles. The van der Waals surface area contributed by atoms with E-state index < -0.39 is 0 Å². The van der Waals surface area contributed by atoms with Gasteiger partial charge >= 0.3 is 0 Å². The molecule has 25 heavy (non-hydrogen) atoms. The first-order valence-electron chi connectivity index (χ1n) is 8.41. The van der Waals surface area contributed by atoms with Crippen molar-refractivity contribution in [1.29, 1.82) is 0 Å². The Hall–Kier alpha value is -1.70. The fraction of sp³-hybridized carbons (Fsp3) is 0.421. The number of ether oxygens (including phenoxy) is 1. The molecule has 138 valence electrons. The van der Waals surface area contributed by atoms with Crippen LogP contribution in [0.2, 0.25) is 0 Å². The van der Waals surface area contributed by atoms with E-state index in [1.165, 1.54) is 11.1 Å². The lowest BCUT2D eigenvalue weighted by atomic mass is 10.1. The van der Waals surface area contributed by atoms with Crippen molar-refractivity contribution in [1.82, 2.24) is 10.6 Å². The van der Waals surface area contributed by atoms with E-state index in [-0.39, 0.29) is 24.0 Å². The minimum Gasteiger partial charge on any atom is -0.496 e. The second-order valence-corrected chi connectivity index (χ2v) is 5.58. The molecule has 2 N–H and O–H groups in total. The summed E-state index contributed by atoms with van der Waals surface area (Å²) in [6.07, 6.45) is 3.38. The Morgan fingerprint density at radius 1 is 1.20 bits per heavy atom. The van der Waals surface area contributed by atoms with E-state index in [1.54, 1.807) is 13.4 Å². The predicted molar refractivity (Wildman–Crippen MR) is 113 cm³/mol. The summed E-state index contributed by atoms with van der Waals surface area (Å²) in [4.78, 5) is 4.58. The third-order valence-corrected chi connectivity index (χ3v) is 3.68. The zero-order valence-corrected chi connectivity index (χ0v) is 17.5. The van der Waals surface area contributed by atoms with E-state index in [4.69, 9.17) is 9.15 Å². The third-order valence-electron chi connectivity index (χ3n) is 3.68. The molecule has 0 unspecified atom stereocenters. The topological polar surface area (TPSA) is 58.8 Å². The molecule has 0 atom stereocenters. The number of hydrogen-bond acceptors (Lipinski definition) is 3. The maximum Gasteiger partial charge on any atom is 0.191 e. The van der Waals surface area contributed by atoms with Gasteiger partial charge in [-0.15, -0.1) is 24.0 Å². The molecule has 0 spiro atoms. The summed E-state index contributed by atoms with van der Waals surface area (Å²) in [5.41, 5.74) is 2.45. The molecule has 0 aliphatic heterocycles. The van der Waals surface area contributed by atoms with Gasteiger partial charge in [-0.25, -0.2) is 0 Å². The van der Waals surface area contributed by atoms with Crippen LogP contribution >= 0.6 is 24.0 Å². The summed E-state index contributed by atoms with van der Waals surface area (Å²) in [5, 5.41) is 6.64. The monoisotopic (exact) mass is 457 g/mol. The molecule has 2 aromatic rings. The molecular formula is C19H28IN3O2. The van der Waals surface area contributed by atoms with E-state index >= 15 is 0 Å². The molecule has 1 aromatic heterocycles. The first-order valence-corrected chi connectivity index (χ1v) is 8.41. The number of rotatable bonds is 8. The van der Waals surface area contributed by atoms with Crippen molar-refractivity contribution in [2.24, 2.45) is 4.99 Å². The first kappa shape index (κ1) is 21.3. The Labute approximate surface area is 167 Å². The van der Waals surface area contributed by atoms with Crippen molar-refractivity contribution in [2.75, 3.05) is 26.7 Å². The Bertz CT molecular complexity index is 642. The van der Waals surface area contributed by atoms with Gasteiger partial charge in [0, 0.05) is 26.1 Å². The van der Waals surface area contributed by atoms with Gasteiger partial charge in [0.15, 0.2) is 5.96 Å². The van der Waals surface area contributed by atoms with Gasteiger partial charge in [0.1, 0.15) is 11.5 Å². The Kier molecular flexibility index (Phi) is 10.1. The van der Waals surface area contributed by atoms with Crippen LogP contribution in [0.1, 0.15) is 23.8 Å². The molecule has 1 aromatic carbocycles. The van der Waals surface area contributed by atoms with Gasteiger partial charge in [-0.05, 0) is 44.0 Å². The molecule has 0 fully saturated rings. The van der Waals surface area contributed by atoms with Crippen molar-refractivity contribution in [2.45, 2.75) is 26.7 Å². The summed E-state index contributed by atoms with van der Waals surface area (Å²) in [7, 11) is 1.71. The standard InChI is InChI=1S/C19H27N3O2.HI/c1-4-20-19(22-12-10-17-6-5-13-24-17)21-11-9-16-14-15(2)7-8-18(16)23-3;/h5-8,13-14H,4,9-12H2,1-3H3,(H2,20,21,22);1H. The summed E-state index contributed by atoms with van der Waals surface area (Å²) >= 11 is 0. The highest BCUT2D eigenvalue weighted by molar-refractivity contribution is 14.0. The lowest BCUT2D eigenvalue weighted by Gasteiger charge is -2.13. The Morgan fingerprint density at radius 3 is 2.72 bits per heavy atom. The summed E-state index contributed by atoms with van der Waals surface area (Å²) in [6, 6.07) is 10.1. The van der Waals surface area contributed by atoms with Gasteiger partial charge in [0.25, 0.3) is 0 Å². The molecule has 0 bridgehead atoms. The van der Waals surface area contributed by atoms with Crippen LogP contribution in [-0.2, 0) is 12.8 Å². The van der Waals surface area contributed by atoms with Crippen molar-refractivity contribution in [3.05, 3.63) is 53.5 Å². The minimum atomic E-state index is 0. The minimum absolute atomic E-state index is 0. The number of guanidine groups is 1. The Balaban J connectivity index is 0.00000312. The van der Waals surface area contributed by atoms with E-state index in [1.807, 2.05) is 18.2 Å². The van der Waals surface area contributed by atoms with Gasteiger partial charge < -0.3 is 19.8 Å². The van der Waals surface area contributed by atoms with Gasteiger partial charge in [-0.3, -0.25) is 4.99 Å². The predicted octanol–water partition coefficient (Wildman–Crippen LogP) is 3.55. The maximum absolute atomic E-state index is 5.43. The zero-order valence-electron chi connectivity index (χ0n) is 15.2. The van der Waals surface area contributed by atoms with Crippen LogP contribution in [0.15, 0.2) is 46.0 Å². The molecule has 0 saturated heterocycles. The van der Waals surface area contributed by atoms with Gasteiger partial charge in [-0.1, -0.05) is 17.7 Å². The number of benzene rings is 1. The first-order chi connectivity index (χ1) is 11.7. The number of nitrogens with one attached hydrogen (secondary N) is 2. The quantitative estimate of drug-likeness (QED) is 0.362. The van der Waals surface area contributed by atoms with Gasteiger partial charge in [0.2, 0.25) is 0 Å². The average Bonchev–Trinajstić information content (AvgIpc) is 3.08. The molecule has 0 amide bonds. The lowest BCUT2D eigenvalue weighted by Crippen LogP contribution is -2.38. The van der Waals surface area contributed by atoms with E-state index in [9.17, 15) is 0 Å². The highest BCUT2D eigenvalue weighted by Gasteiger charge is 2.04. The van der Waals surface area contributed by atoms with E-state index in [0.29, 0.717) is 6.54 Å². The largest absolute Gasteiger partial charge is 0.496 e. The number of nitrogens with zero attached hydrogens (tertiary/aromatic N) is 1. The molecule has 0 saturated carbocycles. The summed E-state index contributed by atoms with van der Waals surface area (Å²) in [5.74, 6) is 2.72. The van der Waals surface area contributed by atoms with Crippen LogP contribution in [0.5, 0.6) is 5.75 Å². The van der Waals surface area contributed by atoms with Crippen LogP contribution in [0.3, 0.4) is 0 Å². The van der Waals surface area contributed by atoms with Gasteiger partial charge in [0.05, 0.1) is 13.4 Å². The van der Waals surface area contributed by atoms with Crippen LogP contribution in [0.4, 0.5) is 0 Å². The number of aryl methyl sites for hydroxylation is 1. The van der Waals surface area contributed by atoms with Crippen LogP contribution in [0, 0.1) is 6.92 Å². The van der Waals surface area contributed by atoms with Crippen molar-refractivity contribution in [3.63, 3.8) is 0 Å². The second kappa shape index (κ2) is 11.8. The lowest BCUT2D eigenvalue weighted by molar-refractivity contribution is 0.409. The van der Waals surface area contributed by atoms with Crippen molar-refractivity contribution in [3.8, 4) is 5.75 Å². The van der Waals surface area contributed by atoms with Crippen LogP contribution < -0.4 is 15.4 Å². The maximum atomic E-state index is 5.43. The smallest absolute Gasteiger partial charge is 0.191 e. The third kappa shape index (κ3) is 7.37. The Morgan fingerprint density at radius 2 is 2.04 bits per heavy atom. The molecule has 0 radical (unpaired) electrons. The number of furan rings is 1. The molecule has 0 aliphatic rings. The van der Waals surface area contributed by atoms with Crippen molar-refractivity contribution < 1.29 is 9.15 Å². The van der Waals surface area contributed by atoms with Crippen molar-refractivity contribution >= 4 is 29.9 Å². The normalized spacial score (nSPS) is 10.9. The number of hydrogen-bond donors (Lipinski definition) is 2. The number of halogens is 1. The zero-order chi connectivity index (χ0) is 17.2. The summed E-state index contributed by atoms with van der Waals surface area (Å²) < 4.78 is 10.8. The van der Waals surface area contributed by atoms with Crippen LogP contribution in [0.25, 0.3) is 0 Å². The van der Waals surface area contributed by atoms with Gasteiger partial charge in [-0.2, -0.15) is 0 Å². The molecule has 5 nitrogen and oxygen atoms in total. The molecule has 2 rings (SSSR count). The number of methoxy groups -OCH3 is 1. The fourth-order valence-electron chi connectivity index (χ4n) is 2.49. The molecule has 6 heteroatoms. The van der Waals surface area contributed by atoms with Crippen LogP contribution in [-0.4, -0.2) is 32.7 Å². The second-order valence-electron chi connectivity index (χ2n) is 5.58. The molecular weight excluding hydrogens is 429 g/mol. The highest BCUT2D eigenvalue weighted by atomic mass is 127. The highest BCUT2D eigenvalue weighted by Crippen LogP contribution is 2.19. The van der Waals surface area contributed by atoms with E-state index in [2.05, 4.69) is 41.6 Å². The summed E-state index contributed by atoms with van der Waals surface area (Å²) in [6.45, 7) is 6.48. The average molecular weight is 457 g/mol. The fourth-order valence-corrected chi connectivity index (χ4v) is 2.49. The SMILES string of the molecule is CCNC(=NCCc1ccco1)NCCc1cc(C)ccc1OC.I. The molecule has 0 aliphatic carbocycles.